The Kier molecular flexibility index (Phi) is 4.76. The van der Waals surface area contributed by atoms with Crippen LogP contribution in [0.2, 0.25) is 0 Å². The maximum Gasteiger partial charge on any atom is 0.352 e. The largest absolute Gasteiger partial charge is 0.506 e. The number of esters is 1. The molecule has 1 saturated heterocycles. The van der Waals surface area contributed by atoms with Crippen LogP contribution in [0.1, 0.15) is 25.3 Å². The van der Waals surface area contributed by atoms with E-state index in [1.54, 1.807) is 13.0 Å². The number of imide groups is 1. The molecule has 0 spiro atoms. The maximum atomic E-state index is 11.7. The Morgan fingerprint density at radius 3 is 2.30 bits per heavy atom. The van der Waals surface area contributed by atoms with E-state index in [2.05, 4.69) is 0 Å². The normalized spacial score (nSPS) is 15.2. The fraction of sp³-hybridized carbons (Fsp3) is 0.250. The van der Waals surface area contributed by atoms with Gasteiger partial charge in [-0.25, -0.2) is 4.79 Å². The van der Waals surface area contributed by atoms with Gasteiger partial charge in [0.1, 0.15) is 11.8 Å². The van der Waals surface area contributed by atoms with Gasteiger partial charge < -0.3 is 9.84 Å². The molecule has 7 nitrogen and oxygen atoms in total. The molecule has 1 N–H and O–H groups in total. The zero-order chi connectivity index (χ0) is 17.0. The van der Waals surface area contributed by atoms with Gasteiger partial charge in [0.15, 0.2) is 5.57 Å². The van der Waals surface area contributed by atoms with E-state index in [4.69, 9.17) is 10.00 Å². The van der Waals surface area contributed by atoms with Crippen LogP contribution in [-0.2, 0) is 19.1 Å². The molecule has 2 amide bonds. The van der Waals surface area contributed by atoms with Crippen molar-refractivity contribution in [2.45, 2.75) is 19.8 Å². The minimum absolute atomic E-state index is 0.0788. The lowest BCUT2D eigenvalue weighted by Gasteiger charge is -2.14. The van der Waals surface area contributed by atoms with Gasteiger partial charge in [0.25, 0.3) is 0 Å². The number of anilines is 1. The molecule has 0 atom stereocenters. The van der Waals surface area contributed by atoms with Gasteiger partial charge in [-0.15, -0.1) is 0 Å². The molecule has 1 heterocycles. The van der Waals surface area contributed by atoms with E-state index in [0.717, 1.165) is 4.90 Å². The van der Waals surface area contributed by atoms with Gasteiger partial charge in [0.2, 0.25) is 11.8 Å². The second-order valence-electron chi connectivity index (χ2n) is 4.73. The molecular formula is C16H14N2O5. The number of carbonyl (C=O) groups excluding carboxylic acids is 3. The maximum absolute atomic E-state index is 11.7. The summed E-state index contributed by atoms with van der Waals surface area (Å²) in [7, 11) is 0. The molecule has 0 bridgehead atoms. The number of benzene rings is 1. The van der Waals surface area contributed by atoms with E-state index in [1.165, 1.54) is 24.3 Å². The van der Waals surface area contributed by atoms with Crippen molar-refractivity contribution in [3.63, 3.8) is 0 Å². The molecule has 0 saturated carbocycles. The lowest BCUT2D eigenvalue weighted by molar-refractivity contribution is -0.138. The van der Waals surface area contributed by atoms with Crippen LogP contribution >= 0.6 is 0 Å². The molecule has 1 aromatic rings. The summed E-state index contributed by atoms with van der Waals surface area (Å²) < 4.78 is 4.69. The van der Waals surface area contributed by atoms with Crippen LogP contribution in [0.25, 0.3) is 5.76 Å². The first-order valence-electron chi connectivity index (χ1n) is 6.96. The average molecular weight is 314 g/mol. The molecular weight excluding hydrogens is 300 g/mol. The molecule has 0 aromatic heterocycles. The third kappa shape index (κ3) is 3.21. The summed E-state index contributed by atoms with van der Waals surface area (Å²) >= 11 is 0. The fourth-order valence-corrected chi connectivity index (χ4v) is 2.18. The Labute approximate surface area is 132 Å². The van der Waals surface area contributed by atoms with Crippen molar-refractivity contribution in [1.29, 1.82) is 5.26 Å². The van der Waals surface area contributed by atoms with Crippen molar-refractivity contribution < 1.29 is 24.2 Å². The number of aliphatic hydroxyl groups is 1. The molecule has 118 valence electrons. The van der Waals surface area contributed by atoms with Crippen molar-refractivity contribution in [3.8, 4) is 6.07 Å². The van der Waals surface area contributed by atoms with Gasteiger partial charge >= 0.3 is 5.97 Å². The van der Waals surface area contributed by atoms with Crippen molar-refractivity contribution in [2.24, 2.45) is 0 Å². The van der Waals surface area contributed by atoms with Crippen molar-refractivity contribution in [3.05, 3.63) is 35.4 Å². The second-order valence-corrected chi connectivity index (χ2v) is 4.73. The summed E-state index contributed by atoms with van der Waals surface area (Å²) in [6.07, 6.45) is 0.348. The molecule has 0 aliphatic carbocycles. The van der Waals surface area contributed by atoms with Crippen LogP contribution in [0.3, 0.4) is 0 Å². The van der Waals surface area contributed by atoms with Crippen molar-refractivity contribution in [2.75, 3.05) is 11.5 Å². The number of carbonyl (C=O) groups is 3. The monoisotopic (exact) mass is 314 g/mol. The van der Waals surface area contributed by atoms with Gasteiger partial charge in [-0.05, 0) is 31.2 Å². The third-order valence-corrected chi connectivity index (χ3v) is 3.28. The summed E-state index contributed by atoms with van der Waals surface area (Å²) in [5.41, 5.74) is 0.0778. The molecule has 1 aliphatic heterocycles. The van der Waals surface area contributed by atoms with E-state index in [0.29, 0.717) is 5.69 Å². The van der Waals surface area contributed by atoms with Gasteiger partial charge in [0, 0.05) is 18.4 Å². The van der Waals surface area contributed by atoms with Crippen LogP contribution in [0.5, 0.6) is 0 Å². The molecule has 0 radical (unpaired) electrons. The number of rotatable bonds is 4. The minimum atomic E-state index is -0.915. The standard InChI is InChI=1S/C16H14N2O5/c1-2-23-16(22)12(9-17)15(21)10-3-5-11(6-4-10)18-13(19)7-8-14(18)20/h3-6,21H,2,7-8H2,1H3/b15-12-. The lowest BCUT2D eigenvalue weighted by Crippen LogP contribution is -2.28. The van der Waals surface area contributed by atoms with E-state index in [-0.39, 0.29) is 36.8 Å². The Bertz CT molecular complexity index is 712. The van der Waals surface area contributed by atoms with Gasteiger partial charge in [-0.1, -0.05) is 0 Å². The minimum Gasteiger partial charge on any atom is -0.506 e. The highest BCUT2D eigenvalue weighted by Crippen LogP contribution is 2.25. The Hall–Kier alpha value is -3.14. The predicted molar refractivity (Wildman–Crippen MR) is 80.0 cm³/mol. The highest BCUT2D eigenvalue weighted by atomic mass is 16.5. The molecule has 2 rings (SSSR count). The number of ether oxygens (including phenoxy) is 1. The predicted octanol–water partition coefficient (Wildman–Crippen LogP) is 1.70. The number of nitrogens with zero attached hydrogens (tertiary/aromatic N) is 2. The number of amides is 2. The number of nitriles is 1. The molecule has 0 unspecified atom stereocenters. The highest BCUT2D eigenvalue weighted by molar-refractivity contribution is 6.19. The van der Waals surface area contributed by atoms with Crippen molar-refractivity contribution >= 4 is 29.2 Å². The number of aliphatic hydroxyl groups excluding tert-OH is 1. The molecule has 7 heteroatoms. The van der Waals surface area contributed by atoms with Gasteiger partial charge in [0.05, 0.1) is 12.3 Å². The zero-order valence-electron chi connectivity index (χ0n) is 12.4. The average Bonchev–Trinajstić information content (AvgIpc) is 2.87. The summed E-state index contributed by atoms with van der Waals surface area (Å²) in [5.74, 6) is -2.00. The highest BCUT2D eigenvalue weighted by Gasteiger charge is 2.30. The van der Waals surface area contributed by atoms with Gasteiger partial charge in [-0.2, -0.15) is 5.26 Å². The van der Waals surface area contributed by atoms with E-state index >= 15 is 0 Å². The van der Waals surface area contributed by atoms with E-state index in [9.17, 15) is 19.5 Å². The summed E-state index contributed by atoms with van der Waals surface area (Å²) in [4.78, 5) is 36.0. The third-order valence-electron chi connectivity index (χ3n) is 3.28. The van der Waals surface area contributed by atoms with Crippen LogP contribution in [0, 0.1) is 11.3 Å². The Balaban J connectivity index is 2.32. The zero-order valence-corrected chi connectivity index (χ0v) is 12.4. The van der Waals surface area contributed by atoms with Gasteiger partial charge in [-0.3, -0.25) is 14.5 Å². The number of hydrogen-bond donors (Lipinski definition) is 1. The molecule has 1 fully saturated rings. The summed E-state index contributed by atoms with van der Waals surface area (Å²) in [6, 6.07) is 7.37. The molecule has 1 aromatic carbocycles. The Morgan fingerprint density at radius 1 is 1.26 bits per heavy atom. The van der Waals surface area contributed by atoms with E-state index in [1.807, 2.05) is 0 Å². The van der Waals surface area contributed by atoms with Crippen molar-refractivity contribution in [1.82, 2.24) is 0 Å². The first-order chi connectivity index (χ1) is 11.0. The van der Waals surface area contributed by atoms with Crippen LogP contribution in [-0.4, -0.2) is 29.5 Å². The fourth-order valence-electron chi connectivity index (χ4n) is 2.18. The molecule has 1 aliphatic rings. The summed E-state index contributed by atoms with van der Waals surface area (Å²) in [5, 5.41) is 19.0. The van der Waals surface area contributed by atoms with Crippen LogP contribution in [0.15, 0.2) is 29.8 Å². The first kappa shape index (κ1) is 16.2. The summed E-state index contributed by atoms with van der Waals surface area (Å²) in [6.45, 7) is 1.66. The van der Waals surface area contributed by atoms with E-state index < -0.39 is 17.3 Å². The quantitative estimate of drug-likeness (QED) is 0.298. The van der Waals surface area contributed by atoms with Crippen LogP contribution in [0.4, 0.5) is 5.69 Å². The number of hydrogen-bond acceptors (Lipinski definition) is 6. The topological polar surface area (TPSA) is 108 Å². The lowest BCUT2D eigenvalue weighted by atomic mass is 10.1. The Morgan fingerprint density at radius 2 is 1.83 bits per heavy atom. The second kappa shape index (κ2) is 6.75. The first-order valence-corrected chi connectivity index (χ1v) is 6.96. The smallest absolute Gasteiger partial charge is 0.352 e. The van der Waals surface area contributed by atoms with Crippen LogP contribution < -0.4 is 4.90 Å². The molecule has 23 heavy (non-hydrogen) atoms. The SMILES string of the molecule is CCOC(=O)/C(C#N)=C(\O)c1ccc(N2C(=O)CCC2=O)cc1.